The van der Waals surface area contributed by atoms with Crippen molar-refractivity contribution in [2.24, 2.45) is 5.41 Å². The molecule has 1 saturated heterocycles. The summed E-state index contributed by atoms with van der Waals surface area (Å²) in [6.45, 7) is 14.0. The summed E-state index contributed by atoms with van der Waals surface area (Å²) in [5.41, 5.74) is 0.118. The lowest BCUT2D eigenvalue weighted by Gasteiger charge is -2.39. The van der Waals surface area contributed by atoms with Crippen LogP contribution in [-0.4, -0.2) is 35.5 Å². The van der Waals surface area contributed by atoms with E-state index >= 15 is 0 Å². The fraction of sp³-hybridized carbons (Fsp3) is 0.933. The van der Waals surface area contributed by atoms with E-state index < -0.39 is 0 Å². The molecule has 3 heteroatoms. The van der Waals surface area contributed by atoms with E-state index in [9.17, 15) is 4.79 Å². The van der Waals surface area contributed by atoms with Crippen molar-refractivity contribution in [2.75, 3.05) is 6.54 Å². The van der Waals surface area contributed by atoms with Crippen LogP contribution in [0, 0.1) is 5.41 Å². The SMILES string of the molecule is CC(C)N1CCCCC1C(=O)NC(C)C(C)(C)C. The molecule has 0 aliphatic carbocycles. The van der Waals surface area contributed by atoms with Gasteiger partial charge in [-0.15, -0.1) is 0 Å². The number of nitrogens with one attached hydrogen (secondary N) is 1. The highest BCUT2D eigenvalue weighted by atomic mass is 16.2. The van der Waals surface area contributed by atoms with Crippen LogP contribution >= 0.6 is 0 Å². The van der Waals surface area contributed by atoms with Gasteiger partial charge < -0.3 is 5.32 Å². The minimum atomic E-state index is 0.0727. The molecule has 1 rings (SSSR count). The third-order valence-electron chi connectivity index (χ3n) is 4.17. The fourth-order valence-corrected chi connectivity index (χ4v) is 2.38. The molecule has 1 aliphatic heterocycles. The Morgan fingerprint density at radius 3 is 2.33 bits per heavy atom. The molecular weight excluding hydrogens is 224 g/mol. The maximum Gasteiger partial charge on any atom is 0.237 e. The van der Waals surface area contributed by atoms with Crippen LogP contribution in [0.25, 0.3) is 0 Å². The first-order chi connectivity index (χ1) is 8.23. The van der Waals surface area contributed by atoms with Crippen molar-refractivity contribution in [3.05, 3.63) is 0 Å². The van der Waals surface area contributed by atoms with E-state index in [-0.39, 0.29) is 23.4 Å². The average molecular weight is 254 g/mol. The topological polar surface area (TPSA) is 32.3 Å². The van der Waals surface area contributed by atoms with Crippen molar-refractivity contribution in [2.45, 2.75) is 78.9 Å². The zero-order valence-electron chi connectivity index (χ0n) is 12.9. The molecule has 2 unspecified atom stereocenters. The van der Waals surface area contributed by atoms with Gasteiger partial charge in [-0.3, -0.25) is 9.69 Å². The third-order valence-corrected chi connectivity index (χ3v) is 4.17. The predicted octanol–water partition coefficient (Wildman–Crippen LogP) is 2.80. The van der Waals surface area contributed by atoms with E-state index in [0.29, 0.717) is 6.04 Å². The monoisotopic (exact) mass is 254 g/mol. The summed E-state index contributed by atoms with van der Waals surface area (Å²) >= 11 is 0. The van der Waals surface area contributed by atoms with Crippen LogP contribution in [0.5, 0.6) is 0 Å². The summed E-state index contributed by atoms with van der Waals surface area (Å²) in [5, 5.41) is 3.19. The molecule has 1 fully saturated rings. The molecule has 0 aromatic heterocycles. The van der Waals surface area contributed by atoms with Gasteiger partial charge in [0.1, 0.15) is 0 Å². The van der Waals surface area contributed by atoms with Crippen molar-refractivity contribution < 1.29 is 4.79 Å². The van der Waals surface area contributed by atoms with Crippen LogP contribution in [0.2, 0.25) is 0 Å². The van der Waals surface area contributed by atoms with E-state index in [1.54, 1.807) is 0 Å². The molecule has 3 nitrogen and oxygen atoms in total. The van der Waals surface area contributed by atoms with Crippen LogP contribution < -0.4 is 5.32 Å². The second-order valence-electron chi connectivity index (χ2n) is 6.94. The first kappa shape index (κ1) is 15.5. The van der Waals surface area contributed by atoms with Gasteiger partial charge in [-0.1, -0.05) is 27.2 Å². The maximum absolute atomic E-state index is 12.4. The predicted molar refractivity (Wildman–Crippen MR) is 76.5 cm³/mol. The molecule has 1 heterocycles. The van der Waals surface area contributed by atoms with Crippen LogP contribution in [-0.2, 0) is 4.79 Å². The molecule has 0 aromatic carbocycles. The fourth-order valence-electron chi connectivity index (χ4n) is 2.38. The Hall–Kier alpha value is -0.570. The molecule has 0 radical (unpaired) electrons. The molecule has 1 amide bonds. The van der Waals surface area contributed by atoms with Crippen molar-refractivity contribution >= 4 is 5.91 Å². The maximum atomic E-state index is 12.4. The van der Waals surface area contributed by atoms with Gasteiger partial charge in [-0.2, -0.15) is 0 Å². The summed E-state index contributed by atoms with van der Waals surface area (Å²) in [6.07, 6.45) is 3.39. The highest BCUT2D eigenvalue weighted by molar-refractivity contribution is 5.82. The Morgan fingerprint density at radius 1 is 1.22 bits per heavy atom. The summed E-state index contributed by atoms with van der Waals surface area (Å²) in [7, 11) is 0. The van der Waals surface area contributed by atoms with Gasteiger partial charge in [0.2, 0.25) is 5.91 Å². The lowest BCUT2D eigenvalue weighted by molar-refractivity contribution is -0.129. The van der Waals surface area contributed by atoms with Crippen molar-refractivity contribution in [3.63, 3.8) is 0 Å². The number of carbonyl (C=O) groups excluding carboxylic acids is 1. The Morgan fingerprint density at radius 2 is 1.83 bits per heavy atom. The number of likely N-dealkylation sites (tertiary alicyclic amines) is 1. The zero-order valence-corrected chi connectivity index (χ0v) is 12.9. The molecule has 106 valence electrons. The van der Waals surface area contributed by atoms with Crippen LogP contribution in [0.4, 0.5) is 0 Å². The van der Waals surface area contributed by atoms with Gasteiger partial charge in [-0.05, 0) is 45.6 Å². The second-order valence-corrected chi connectivity index (χ2v) is 6.94. The minimum absolute atomic E-state index is 0.0727. The first-order valence-electron chi connectivity index (χ1n) is 7.29. The molecular formula is C15H30N2O. The van der Waals surface area contributed by atoms with E-state index in [1.165, 1.54) is 12.8 Å². The standard InChI is InChI=1S/C15H30N2O/c1-11(2)17-10-8-7-9-13(17)14(18)16-12(3)15(4,5)6/h11-13H,7-10H2,1-6H3,(H,16,18). The molecule has 2 atom stereocenters. The van der Waals surface area contributed by atoms with Crippen LogP contribution in [0.3, 0.4) is 0 Å². The highest BCUT2D eigenvalue weighted by Crippen LogP contribution is 2.22. The van der Waals surface area contributed by atoms with Gasteiger partial charge in [-0.25, -0.2) is 0 Å². The number of hydrogen-bond acceptors (Lipinski definition) is 2. The summed E-state index contributed by atoms with van der Waals surface area (Å²) in [4.78, 5) is 14.8. The van der Waals surface area contributed by atoms with Crippen molar-refractivity contribution in [1.29, 1.82) is 0 Å². The Bertz CT molecular complexity index is 281. The number of piperidine rings is 1. The molecule has 0 saturated carbocycles. The third kappa shape index (κ3) is 3.98. The normalized spacial score (nSPS) is 24.1. The van der Waals surface area contributed by atoms with Gasteiger partial charge >= 0.3 is 0 Å². The zero-order chi connectivity index (χ0) is 13.9. The van der Waals surface area contributed by atoms with E-state index in [0.717, 1.165) is 13.0 Å². The average Bonchev–Trinajstić information content (AvgIpc) is 2.27. The van der Waals surface area contributed by atoms with Crippen LogP contribution in [0.1, 0.15) is 60.8 Å². The number of nitrogens with zero attached hydrogens (tertiary/aromatic N) is 1. The summed E-state index contributed by atoms with van der Waals surface area (Å²) in [6, 6.07) is 0.732. The molecule has 18 heavy (non-hydrogen) atoms. The van der Waals surface area contributed by atoms with Crippen molar-refractivity contribution in [3.8, 4) is 0 Å². The quantitative estimate of drug-likeness (QED) is 0.840. The second kappa shape index (κ2) is 6.05. The van der Waals surface area contributed by atoms with E-state index in [1.807, 2.05) is 0 Å². The number of carbonyl (C=O) groups is 1. The Labute approximate surface area is 112 Å². The molecule has 1 aliphatic rings. The van der Waals surface area contributed by atoms with E-state index in [4.69, 9.17) is 0 Å². The lowest BCUT2D eigenvalue weighted by Crippen LogP contribution is -2.55. The lowest BCUT2D eigenvalue weighted by atomic mass is 9.87. The molecule has 0 aromatic rings. The van der Waals surface area contributed by atoms with Crippen molar-refractivity contribution in [1.82, 2.24) is 10.2 Å². The van der Waals surface area contributed by atoms with Gasteiger partial charge in [0, 0.05) is 12.1 Å². The smallest absolute Gasteiger partial charge is 0.237 e. The Kier molecular flexibility index (Phi) is 5.20. The molecule has 1 N–H and O–H groups in total. The molecule has 0 bridgehead atoms. The van der Waals surface area contributed by atoms with Crippen LogP contribution in [0.15, 0.2) is 0 Å². The number of hydrogen-bond donors (Lipinski definition) is 1. The Balaban J connectivity index is 2.64. The van der Waals surface area contributed by atoms with E-state index in [2.05, 4.69) is 51.8 Å². The van der Waals surface area contributed by atoms with Gasteiger partial charge in [0.25, 0.3) is 0 Å². The number of rotatable bonds is 3. The van der Waals surface area contributed by atoms with Gasteiger partial charge in [0.15, 0.2) is 0 Å². The first-order valence-corrected chi connectivity index (χ1v) is 7.29. The highest BCUT2D eigenvalue weighted by Gasteiger charge is 2.32. The molecule has 0 spiro atoms. The van der Waals surface area contributed by atoms with Gasteiger partial charge in [0.05, 0.1) is 6.04 Å². The summed E-state index contributed by atoms with van der Waals surface area (Å²) < 4.78 is 0. The summed E-state index contributed by atoms with van der Waals surface area (Å²) in [5.74, 6) is 0.214. The largest absolute Gasteiger partial charge is 0.352 e. The number of amides is 1. The minimum Gasteiger partial charge on any atom is -0.352 e.